The molecule has 1 aliphatic rings. The van der Waals surface area contributed by atoms with Gasteiger partial charge >= 0.3 is 6.18 Å². The van der Waals surface area contributed by atoms with E-state index in [4.69, 9.17) is 0 Å². The lowest BCUT2D eigenvalue weighted by Crippen LogP contribution is -2.33. The average Bonchev–Trinajstić information content (AvgIpc) is 3.21. The van der Waals surface area contributed by atoms with Crippen molar-refractivity contribution in [3.05, 3.63) is 68.1 Å². The molecule has 0 amide bonds. The van der Waals surface area contributed by atoms with Crippen LogP contribution in [0.25, 0.3) is 0 Å². The molecule has 0 radical (unpaired) electrons. The molecule has 1 aromatic carbocycles. The third-order valence-electron chi connectivity index (χ3n) is 6.28. The molecule has 1 N–H and O–H groups in total. The van der Waals surface area contributed by atoms with E-state index in [0.29, 0.717) is 48.1 Å². The van der Waals surface area contributed by atoms with Gasteiger partial charge < -0.3 is 4.90 Å². The first kappa shape index (κ1) is 24.4. The number of hydrogen-bond donors (Lipinski definition) is 1. The molecule has 0 saturated carbocycles. The van der Waals surface area contributed by atoms with Gasteiger partial charge in [0, 0.05) is 13.0 Å². The zero-order chi connectivity index (χ0) is 25.3. The standard InChI is InChI=1S/C23H23F4N7O/c1-3-4-13(2)15-7-14(24)8-18(23(25,26)27)17(15)11-34-20-5-6-33(12-19(20)30-32-34)21-10-29-31-22(35)16(21)9-28/h7-8,10,13H,3-6,11-12H2,1-2H3,(H,31,35)/t13-/m0/s1. The van der Waals surface area contributed by atoms with E-state index in [2.05, 4.69) is 20.5 Å². The molecule has 0 spiro atoms. The highest BCUT2D eigenvalue weighted by Gasteiger charge is 2.36. The van der Waals surface area contributed by atoms with Crippen LogP contribution >= 0.6 is 0 Å². The quantitative estimate of drug-likeness (QED) is 0.527. The van der Waals surface area contributed by atoms with Gasteiger partial charge in [0.25, 0.3) is 5.56 Å². The Morgan fingerprint density at radius 1 is 1.31 bits per heavy atom. The van der Waals surface area contributed by atoms with Crippen molar-refractivity contribution in [2.75, 3.05) is 11.4 Å². The minimum Gasteiger partial charge on any atom is -0.363 e. The number of aromatic amines is 1. The second-order valence-corrected chi connectivity index (χ2v) is 8.59. The summed E-state index contributed by atoms with van der Waals surface area (Å²) < 4.78 is 57.3. The number of nitrogens with one attached hydrogen (secondary N) is 1. The van der Waals surface area contributed by atoms with Crippen LogP contribution in [0.4, 0.5) is 23.2 Å². The van der Waals surface area contributed by atoms with Crippen molar-refractivity contribution in [3.8, 4) is 6.07 Å². The van der Waals surface area contributed by atoms with Crippen LogP contribution in [0.2, 0.25) is 0 Å². The van der Waals surface area contributed by atoms with Crippen molar-refractivity contribution in [1.82, 2.24) is 25.2 Å². The number of aromatic nitrogens is 5. The Labute approximate surface area is 198 Å². The van der Waals surface area contributed by atoms with Gasteiger partial charge in [-0.1, -0.05) is 25.5 Å². The van der Waals surface area contributed by atoms with Gasteiger partial charge in [0.1, 0.15) is 23.1 Å². The number of alkyl halides is 3. The first-order valence-corrected chi connectivity index (χ1v) is 11.2. The predicted octanol–water partition coefficient (Wildman–Crippen LogP) is 3.91. The van der Waals surface area contributed by atoms with Gasteiger partial charge in [-0.15, -0.1) is 5.10 Å². The number of rotatable bonds is 6. The molecule has 0 fully saturated rings. The highest BCUT2D eigenvalue weighted by molar-refractivity contribution is 5.57. The van der Waals surface area contributed by atoms with Crippen molar-refractivity contribution in [2.24, 2.45) is 0 Å². The average molecular weight is 489 g/mol. The third kappa shape index (κ3) is 4.76. The monoisotopic (exact) mass is 489 g/mol. The van der Waals surface area contributed by atoms with Gasteiger partial charge in [0.15, 0.2) is 0 Å². The molecule has 4 rings (SSSR count). The van der Waals surface area contributed by atoms with E-state index < -0.39 is 23.1 Å². The van der Waals surface area contributed by atoms with Crippen LogP contribution in [0.5, 0.6) is 0 Å². The first-order chi connectivity index (χ1) is 16.6. The molecule has 12 heteroatoms. The highest BCUT2D eigenvalue weighted by Crippen LogP contribution is 2.38. The highest BCUT2D eigenvalue weighted by atomic mass is 19.4. The van der Waals surface area contributed by atoms with Crippen molar-refractivity contribution in [1.29, 1.82) is 5.26 Å². The van der Waals surface area contributed by atoms with Crippen LogP contribution in [0, 0.1) is 17.1 Å². The van der Waals surface area contributed by atoms with E-state index in [1.54, 1.807) is 11.8 Å². The summed E-state index contributed by atoms with van der Waals surface area (Å²) >= 11 is 0. The van der Waals surface area contributed by atoms with Crippen molar-refractivity contribution >= 4 is 5.69 Å². The Balaban J connectivity index is 1.70. The van der Waals surface area contributed by atoms with Crippen molar-refractivity contribution < 1.29 is 17.6 Å². The fourth-order valence-corrected chi connectivity index (χ4v) is 4.60. The number of fused-ring (bicyclic) bond motifs is 1. The number of benzene rings is 1. The van der Waals surface area contributed by atoms with E-state index in [9.17, 15) is 27.6 Å². The van der Waals surface area contributed by atoms with Gasteiger partial charge in [0.2, 0.25) is 0 Å². The molecular weight excluding hydrogens is 466 g/mol. The second-order valence-electron chi connectivity index (χ2n) is 8.59. The molecule has 0 aliphatic carbocycles. The molecule has 2 aromatic heterocycles. The topological polar surface area (TPSA) is 103 Å². The van der Waals surface area contributed by atoms with Gasteiger partial charge in [-0.2, -0.15) is 23.5 Å². The van der Waals surface area contributed by atoms with E-state index in [1.807, 2.05) is 13.0 Å². The maximum atomic E-state index is 14.2. The number of H-pyrrole nitrogens is 1. The summed E-state index contributed by atoms with van der Waals surface area (Å²) in [7, 11) is 0. The third-order valence-corrected chi connectivity index (χ3v) is 6.28. The molecule has 35 heavy (non-hydrogen) atoms. The van der Waals surface area contributed by atoms with Crippen LogP contribution in [0.1, 0.15) is 66.2 Å². The molecule has 3 aromatic rings. The summed E-state index contributed by atoms with van der Waals surface area (Å²) in [5, 5.41) is 23.6. The van der Waals surface area contributed by atoms with E-state index in [-0.39, 0.29) is 30.1 Å². The summed E-state index contributed by atoms with van der Waals surface area (Å²) in [5.74, 6) is -1.19. The maximum Gasteiger partial charge on any atom is 0.416 e. The van der Waals surface area contributed by atoms with Crippen LogP contribution in [-0.2, 0) is 25.7 Å². The van der Waals surface area contributed by atoms with Crippen LogP contribution in [0.15, 0.2) is 23.1 Å². The fraction of sp³-hybridized carbons (Fsp3) is 0.435. The smallest absolute Gasteiger partial charge is 0.363 e. The first-order valence-electron chi connectivity index (χ1n) is 11.2. The molecule has 1 atom stereocenters. The van der Waals surface area contributed by atoms with Crippen LogP contribution < -0.4 is 10.5 Å². The van der Waals surface area contributed by atoms with Gasteiger partial charge in [0.05, 0.1) is 36.2 Å². The summed E-state index contributed by atoms with van der Waals surface area (Å²) in [4.78, 5) is 13.7. The molecule has 0 saturated heterocycles. The van der Waals surface area contributed by atoms with Gasteiger partial charge in [-0.25, -0.2) is 14.2 Å². The number of anilines is 1. The van der Waals surface area contributed by atoms with Crippen molar-refractivity contribution in [2.45, 2.75) is 58.3 Å². The maximum absolute atomic E-state index is 14.2. The molecule has 1 aliphatic heterocycles. The normalized spacial score (nSPS) is 14.5. The Kier molecular flexibility index (Phi) is 6.60. The predicted molar refractivity (Wildman–Crippen MR) is 118 cm³/mol. The number of nitriles is 1. The SMILES string of the molecule is CCC[C@H](C)c1cc(F)cc(C(F)(F)F)c1Cn1nnc2c1CCN(c1cn[nH]c(=O)c1C#N)C2. The molecule has 0 unspecified atom stereocenters. The lowest BCUT2D eigenvalue weighted by Gasteiger charge is -2.28. The summed E-state index contributed by atoms with van der Waals surface area (Å²) in [6.45, 7) is 4.11. The Hall–Kier alpha value is -3.75. The zero-order valence-electron chi connectivity index (χ0n) is 19.2. The number of nitrogens with zero attached hydrogens (tertiary/aromatic N) is 6. The van der Waals surface area contributed by atoms with Crippen LogP contribution in [0.3, 0.4) is 0 Å². The van der Waals surface area contributed by atoms with E-state index >= 15 is 0 Å². The second kappa shape index (κ2) is 9.48. The Morgan fingerprint density at radius 3 is 2.77 bits per heavy atom. The zero-order valence-corrected chi connectivity index (χ0v) is 19.2. The minimum absolute atomic E-state index is 0.0134. The summed E-state index contributed by atoms with van der Waals surface area (Å²) in [6.07, 6.45) is -1.61. The summed E-state index contributed by atoms with van der Waals surface area (Å²) in [6, 6.07) is 3.58. The number of halogens is 4. The van der Waals surface area contributed by atoms with Crippen LogP contribution in [-0.4, -0.2) is 31.7 Å². The molecule has 8 nitrogen and oxygen atoms in total. The Morgan fingerprint density at radius 2 is 2.09 bits per heavy atom. The molecular formula is C23H23F4N7O. The lowest BCUT2D eigenvalue weighted by atomic mass is 9.89. The van der Waals surface area contributed by atoms with Crippen molar-refractivity contribution in [3.63, 3.8) is 0 Å². The molecule has 0 bridgehead atoms. The van der Waals surface area contributed by atoms with Gasteiger partial charge in [-0.3, -0.25) is 4.79 Å². The lowest BCUT2D eigenvalue weighted by molar-refractivity contribution is -0.138. The van der Waals surface area contributed by atoms with E-state index in [0.717, 1.165) is 6.42 Å². The fourth-order valence-electron chi connectivity index (χ4n) is 4.60. The largest absolute Gasteiger partial charge is 0.416 e. The number of hydrogen-bond acceptors (Lipinski definition) is 6. The summed E-state index contributed by atoms with van der Waals surface area (Å²) in [5.41, 5.74) is 0.143. The minimum atomic E-state index is -4.73. The van der Waals surface area contributed by atoms with Gasteiger partial charge in [-0.05, 0) is 35.6 Å². The van der Waals surface area contributed by atoms with E-state index in [1.165, 1.54) is 16.9 Å². The molecule has 3 heterocycles. The Bertz CT molecular complexity index is 1340. The molecule has 184 valence electrons.